The van der Waals surface area contributed by atoms with Crippen molar-refractivity contribution in [1.29, 1.82) is 0 Å². The zero-order valence-electron chi connectivity index (χ0n) is 13.3. The third kappa shape index (κ3) is 5.20. The lowest BCUT2D eigenvalue weighted by atomic mass is 9.83. The average molecular weight is 318 g/mol. The zero-order chi connectivity index (χ0) is 15.3. The van der Waals surface area contributed by atoms with Crippen molar-refractivity contribution in [1.82, 2.24) is 10.6 Å². The minimum absolute atomic E-state index is 0.0999. The summed E-state index contributed by atoms with van der Waals surface area (Å²) in [5.41, 5.74) is 0. The van der Waals surface area contributed by atoms with E-state index in [1.165, 1.54) is 6.26 Å². The third-order valence-corrected chi connectivity index (χ3v) is 6.49. The third-order valence-electron chi connectivity index (χ3n) is 4.80. The molecule has 2 fully saturated rings. The first-order valence-corrected chi connectivity index (χ1v) is 10.2. The lowest BCUT2D eigenvalue weighted by molar-refractivity contribution is -0.00205. The SMILES string of the molecule is CCCCOC1CNCC(C2CCC(S(C)(=O)=O)CC2)N1. The fourth-order valence-corrected chi connectivity index (χ4v) is 4.55. The summed E-state index contributed by atoms with van der Waals surface area (Å²) in [5, 5.41) is 6.92. The van der Waals surface area contributed by atoms with Crippen LogP contribution in [0.1, 0.15) is 45.4 Å². The molecule has 21 heavy (non-hydrogen) atoms. The van der Waals surface area contributed by atoms with Gasteiger partial charge in [-0.25, -0.2) is 8.42 Å². The Bertz CT molecular complexity index is 405. The van der Waals surface area contributed by atoms with E-state index in [1.807, 2.05) is 0 Å². The van der Waals surface area contributed by atoms with E-state index in [-0.39, 0.29) is 11.5 Å². The Morgan fingerprint density at radius 1 is 1.14 bits per heavy atom. The van der Waals surface area contributed by atoms with Crippen molar-refractivity contribution in [3.63, 3.8) is 0 Å². The second-order valence-corrected chi connectivity index (χ2v) is 8.84. The summed E-state index contributed by atoms with van der Waals surface area (Å²) in [5.74, 6) is 0.563. The summed E-state index contributed by atoms with van der Waals surface area (Å²) in [6.07, 6.45) is 7.34. The fourth-order valence-electron chi connectivity index (χ4n) is 3.43. The Morgan fingerprint density at radius 3 is 2.48 bits per heavy atom. The molecule has 0 bridgehead atoms. The minimum Gasteiger partial charge on any atom is -0.362 e. The van der Waals surface area contributed by atoms with E-state index >= 15 is 0 Å². The van der Waals surface area contributed by atoms with Crippen molar-refractivity contribution < 1.29 is 13.2 Å². The Balaban J connectivity index is 1.77. The van der Waals surface area contributed by atoms with Gasteiger partial charge < -0.3 is 10.1 Å². The van der Waals surface area contributed by atoms with E-state index in [0.29, 0.717) is 12.0 Å². The lowest BCUT2D eigenvalue weighted by Gasteiger charge is -2.39. The van der Waals surface area contributed by atoms with Crippen molar-refractivity contribution in [2.24, 2.45) is 5.92 Å². The Kier molecular flexibility index (Phi) is 6.47. The van der Waals surface area contributed by atoms with E-state index < -0.39 is 9.84 Å². The molecule has 2 unspecified atom stereocenters. The van der Waals surface area contributed by atoms with Crippen molar-refractivity contribution in [3.05, 3.63) is 0 Å². The molecule has 0 amide bonds. The van der Waals surface area contributed by atoms with Gasteiger partial charge >= 0.3 is 0 Å². The van der Waals surface area contributed by atoms with Crippen LogP contribution in [0.2, 0.25) is 0 Å². The highest BCUT2D eigenvalue weighted by Gasteiger charge is 2.33. The molecule has 0 spiro atoms. The highest BCUT2D eigenvalue weighted by atomic mass is 32.2. The molecular weight excluding hydrogens is 288 g/mol. The van der Waals surface area contributed by atoms with Crippen molar-refractivity contribution in [2.45, 2.75) is 63.0 Å². The molecule has 1 heterocycles. The summed E-state index contributed by atoms with van der Waals surface area (Å²) in [4.78, 5) is 0. The highest BCUT2D eigenvalue weighted by molar-refractivity contribution is 7.91. The molecule has 6 heteroatoms. The van der Waals surface area contributed by atoms with Crippen LogP contribution in [-0.4, -0.2) is 51.9 Å². The van der Waals surface area contributed by atoms with Gasteiger partial charge in [0.15, 0.2) is 0 Å². The standard InChI is InChI=1S/C15H30N2O3S/c1-3-4-9-20-15-11-16-10-14(17-15)12-5-7-13(8-6-12)21(2,18)19/h12-17H,3-11H2,1-2H3. The van der Waals surface area contributed by atoms with Gasteiger partial charge in [0.2, 0.25) is 0 Å². The van der Waals surface area contributed by atoms with Crippen LogP contribution in [0.4, 0.5) is 0 Å². The van der Waals surface area contributed by atoms with E-state index in [1.54, 1.807) is 0 Å². The normalized spacial score (nSPS) is 34.8. The number of hydrogen-bond donors (Lipinski definition) is 2. The number of rotatable bonds is 6. The smallest absolute Gasteiger partial charge is 0.150 e. The first kappa shape index (κ1) is 17.2. The maximum Gasteiger partial charge on any atom is 0.150 e. The number of piperazine rings is 1. The van der Waals surface area contributed by atoms with Crippen LogP contribution >= 0.6 is 0 Å². The molecule has 1 saturated carbocycles. The van der Waals surface area contributed by atoms with E-state index in [2.05, 4.69) is 17.6 Å². The molecule has 0 aromatic heterocycles. The first-order valence-electron chi connectivity index (χ1n) is 8.28. The minimum atomic E-state index is -2.87. The van der Waals surface area contributed by atoms with Crippen LogP contribution in [0, 0.1) is 5.92 Å². The molecule has 2 aliphatic rings. The molecule has 0 aromatic carbocycles. The van der Waals surface area contributed by atoms with Gasteiger partial charge in [-0.05, 0) is 38.0 Å². The van der Waals surface area contributed by atoms with Crippen LogP contribution in [0.25, 0.3) is 0 Å². The maximum absolute atomic E-state index is 11.6. The Morgan fingerprint density at radius 2 is 1.86 bits per heavy atom. The van der Waals surface area contributed by atoms with Gasteiger partial charge in [0.05, 0.1) is 5.25 Å². The van der Waals surface area contributed by atoms with Crippen molar-refractivity contribution in [3.8, 4) is 0 Å². The van der Waals surface area contributed by atoms with E-state index in [0.717, 1.165) is 58.2 Å². The number of nitrogens with one attached hydrogen (secondary N) is 2. The summed E-state index contributed by atoms with van der Waals surface area (Å²) >= 11 is 0. The van der Waals surface area contributed by atoms with Crippen LogP contribution in [0.15, 0.2) is 0 Å². The molecule has 2 rings (SSSR count). The maximum atomic E-state index is 11.6. The van der Waals surface area contributed by atoms with Gasteiger partial charge in [-0.15, -0.1) is 0 Å². The molecule has 2 atom stereocenters. The second-order valence-electron chi connectivity index (χ2n) is 6.51. The topological polar surface area (TPSA) is 67.4 Å². The first-order chi connectivity index (χ1) is 10.0. The molecule has 1 aliphatic heterocycles. The van der Waals surface area contributed by atoms with Gasteiger partial charge in [0, 0.05) is 32.0 Å². The van der Waals surface area contributed by atoms with Crippen LogP contribution in [0.5, 0.6) is 0 Å². The Hall–Kier alpha value is -0.170. The number of ether oxygens (including phenoxy) is 1. The quantitative estimate of drug-likeness (QED) is 0.723. The lowest BCUT2D eigenvalue weighted by Crippen LogP contribution is -2.59. The predicted molar refractivity (Wildman–Crippen MR) is 85.0 cm³/mol. The van der Waals surface area contributed by atoms with Crippen LogP contribution < -0.4 is 10.6 Å². The van der Waals surface area contributed by atoms with Crippen LogP contribution in [-0.2, 0) is 14.6 Å². The van der Waals surface area contributed by atoms with Crippen LogP contribution in [0.3, 0.4) is 0 Å². The number of sulfone groups is 1. The highest BCUT2D eigenvalue weighted by Crippen LogP contribution is 2.30. The molecule has 5 nitrogen and oxygen atoms in total. The van der Waals surface area contributed by atoms with E-state index in [4.69, 9.17) is 4.74 Å². The molecular formula is C15H30N2O3S. The predicted octanol–water partition coefficient (Wildman–Crippen LogP) is 1.29. The summed E-state index contributed by atoms with van der Waals surface area (Å²) in [7, 11) is -2.87. The summed E-state index contributed by atoms with van der Waals surface area (Å²) in [6, 6.07) is 0.408. The van der Waals surface area contributed by atoms with Crippen molar-refractivity contribution >= 4 is 9.84 Å². The largest absolute Gasteiger partial charge is 0.362 e. The van der Waals surface area contributed by atoms with Gasteiger partial charge in [0.1, 0.15) is 16.1 Å². The molecule has 0 radical (unpaired) electrons. The van der Waals surface area contributed by atoms with Gasteiger partial charge in [-0.2, -0.15) is 0 Å². The van der Waals surface area contributed by atoms with Gasteiger partial charge in [-0.1, -0.05) is 13.3 Å². The summed E-state index contributed by atoms with van der Waals surface area (Å²) in [6.45, 7) is 4.79. The second kappa shape index (κ2) is 7.90. The molecule has 1 aliphatic carbocycles. The molecule has 1 saturated heterocycles. The van der Waals surface area contributed by atoms with Crippen molar-refractivity contribution in [2.75, 3.05) is 26.0 Å². The monoisotopic (exact) mass is 318 g/mol. The summed E-state index contributed by atoms with van der Waals surface area (Å²) < 4.78 is 29.1. The molecule has 124 valence electrons. The van der Waals surface area contributed by atoms with Gasteiger partial charge in [-0.3, -0.25) is 5.32 Å². The number of unbranched alkanes of at least 4 members (excludes halogenated alkanes) is 1. The van der Waals surface area contributed by atoms with E-state index in [9.17, 15) is 8.42 Å². The fraction of sp³-hybridized carbons (Fsp3) is 1.00. The van der Waals surface area contributed by atoms with Gasteiger partial charge in [0.25, 0.3) is 0 Å². The molecule has 0 aromatic rings. The Labute approximate surface area is 129 Å². The average Bonchev–Trinajstić information content (AvgIpc) is 2.47. The number of hydrogen-bond acceptors (Lipinski definition) is 5. The zero-order valence-corrected chi connectivity index (χ0v) is 14.1. The molecule has 2 N–H and O–H groups in total.